The van der Waals surface area contributed by atoms with E-state index in [1.54, 1.807) is 0 Å². The molecule has 142 valence electrons. The maximum Gasteiger partial charge on any atom is 0.102 e. The highest BCUT2D eigenvalue weighted by Crippen LogP contribution is 2.43. The van der Waals surface area contributed by atoms with Gasteiger partial charge in [-0.3, -0.25) is 4.84 Å². The van der Waals surface area contributed by atoms with Gasteiger partial charge in [0.1, 0.15) is 6.10 Å². The van der Waals surface area contributed by atoms with Crippen molar-refractivity contribution < 1.29 is 9.94 Å². The first-order valence-electron chi connectivity index (χ1n) is 9.33. The maximum atomic E-state index is 10.1. The van der Waals surface area contributed by atoms with Crippen molar-refractivity contribution in [2.75, 3.05) is 6.61 Å². The Morgan fingerprint density at radius 3 is 1.73 bits per heavy atom. The molecule has 1 N–H and O–H groups in total. The quantitative estimate of drug-likeness (QED) is 0.662. The van der Waals surface area contributed by atoms with Crippen molar-refractivity contribution >= 4 is 0 Å². The number of hydrogen-bond acceptors (Lipinski definition) is 3. The van der Waals surface area contributed by atoms with Crippen LogP contribution in [0.25, 0.3) is 0 Å². The third kappa shape index (κ3) is 4.94. The zero-order chi connectivity index (χ0) is 19.4. The third-order valence-corrected chi connectivity index (χ3v) is 4.69. The molecule has 3 heteroatoms. The smallest absolute Gasteiger partial charge is 0.102 e. The van der Waals surface area contributed by atoms with Gasteiger partial charge in [0.15, 0.2) is 0 Å². The fourth-order valence-corrected chi connectivity index (χ4v) is 3.20. The van der Waals surface area contributed by atoms with E-state index in [2.05, 4.69) is 64.1 Å². The Hall–Kier alpha value is -1.68. The van der Waals surface area contributed by atoms with Gasteiger partial charge in [-0.05, 0) is 37.3 Å². The van der Waals surface area contributed by atoms with E-state index >= 15 is 0 Å². The van der Waals surface area contributed by atoms with Crippen molar-refractivity contribution in [2.45, 2.75) is 59.2 Å². The number of benzene rings is 2. The maximum absolute atomic E-state index is 10.1. The molecule has 0 aliphatic carbocycles. The van der Waals surface area contributed by atoms with Crippen molar-refractivity contribution in [3.63, 3.8) is 0 Å². The number of aliphatic hydroxyl groups is 1. The highest BCUT2D eigenvalue weighted by molar-refractivity contribution is 5.22. The summed E-state index contributed by atoms with van der Waals surface area (Å²) in [6, 6.07) is 20.6. The van der Waals surface area contributed by atoms with Gasteiger partial charge in [-0.15, -0.1) is 0 Å². The van der Waals surface area contributed by atoms with Crippen LogP contribution in [0, 0.1) is 5.41 Å². The second-order valence-corrected chi connectivity index (χ2v) is 8.63. The third-order valence-electron chi connectivity index (χ3n) is 4.69. The van der Waals surface area contributed by atoms with Gasteiger partial charge in [-0.1, -0.05) is 81.4 Å². The van der Waals surface area contributed by atoms with Gasteiger partial charge in [-0.2, -0.15) is 5.06 Å². The summed E-state index contributed by atoms with van der Waals surface area (Å²) < 4.78 is 0. The molecule has 0 saturated carbocycles. The Labute approximate surface area is 158 Å². The summed E-state index contributed by atoms with van der Waals surface area (Å²) in [5.41, 5.74) is 1.69. The zero-order valence-electron chi connectivity index (χ0n) is 16.9. The molecule has 0 spiro atoms. The summed E-state index contributed by atoms with van der Waals surface area (Å²) in [5.74, 6) is 0. The average Bonchev–Trinajstić information content (AvgIpc) is 2.61. The lowest BCUT2D eigenvalue weighted by Crippen LogP contribution is -2.52. The van der Waals surface area contributed by atoms with Crippen LogP contribution in [0.15, 0.2) is 60.7 Å². The van der Waals surface area contributed by atoms with Crippen LogP contribution >= 0.6 is 0 Å². The molecule has 0 radical (unpaired) electrons. The first-order chi connectivity index (χ1) is 12.2. The van der Waals surface area contributed by atoms with Crippen LogP contribution in [-0.2, 0) is 4.84 Å². The number of hydroxylamine groups is 2. The van der Waals surface area contributed by atoms with Gasteiger partial charge < -0.3 is 5.11 Å². The van der Waals surface area contributed by atoms with Crippen molar-refractivity contribution in [1.29, 1.82) is 0 Å². The molecule has 0 aliphatic rings. The molecular formula is C23H33NO2. The first-order valence-corrected chi connectivity index (χ1v) is 9.33. The number of aliphatic hydroxyl groups excluding tert-OH is 1. The molecule has 2 atom stereocenters. The lowest BCUT2D eigenvalue weighted by atomic mass is 9.80. The van der Waals surface area contributed by atoms with Crippen molar-refractivity contribution in [3.8, 4) is 0 Å². The van der Waals surface area contributed by atoms with Crippen LogP contribution in [-0.4, -0.2) is 22.3 Å². The summed E-state index contributed by atoms with van der Waals surface area (Å²) in [7, 11) is 0. The van der Waals surface area contributed by atoms with E-state index in [0.717, 1.165) is 5.56 Å². The predicted octanol–water partition coefficient (Wildman–Crippen LogP) is 5.54. The molecule has 0 fully saturated rings. The topological polar surface area (TPSA) is 32.7 Å². The fourth-order valence-electron chi connectivity index (χ4n) is 3.20. The summed E-state index contributed by atoms with van der Waals surface area (Å²) in [6.07, 6.45) is -0.115. The highest BCUT2D eigenvalue weighted by Gasteiger charge is 2.41. The Balaban J connectivity index is 2.45. The lowest BCUT2D eigenvalue weighted by molar-refractivity contribution is -0.290. The number of nitrogens with zero attached hydrogens (tertiary/aromatic N) is 1. The minimum atomic E-state index is -0.531. The van der Waals surface area contributed by atoms with Crippen molar-refractivity contribution in [3.05, 3.63) is 71.8 Å². The van der Waals surface area contributed by atoms with E-state index in [0.29, 0.717) is 0 Å². The molecule has 0 amide bonds. The molecule has 0 bridgehead atoms. The first kappa shape index (κ1) is 20.6. The minimum Gasteiger partial charge on any atom is -0.394 e. The molecule has 0 aromatic heterocycles. The molecule has 0 saturated heterocycles. The van der Waals surface area contributed by atoms with Gasteiger partial charge in [0.05, 0.1) is 18.2 Å². The molecule has 0 heterocycles. The second-order valence-electron chi connectivity index (χ2n) is 8.63. The summed E-state index contributed by atoms with van der Waals surface area (Å²) in [6.45, 7) is 12.7. The summed E-state index contributed by atoms with van der Waals surface area (Å²) in [4.78, 5) is 6.51. The van der Waals surface area contributed by atoms with Crippen LogP contribution in [0.1, 0.15) is 64.8 Å². The monoisotopic (exact) mass is 355 g/mol. The van der Waals surface area contributed by atoms with Gasteiger partial charge in [0, 0.05) is 0 Å². The zero-order valence-corrected chi connectivity index (χ0v) is 16.9. The molecule has 3 nitrogen and oxygen atoms in total. The Morgan fingerprint density at radius 1 is 0.846 bits per heavy atom. The summed E-state index contributed by atoms with van der Waals surface area (Å²) >= 11 is 0. The Morgan fingerprint density at radius 2 is 1.31 bits per heavy atom. The van der Waals surface area contributed by atoms with Gasteiger partial charge >= 0.3 is 0 Å². The molecule has 2 rings (SSSR count). The molecular weight excluding hydrogens is 322 g/mol. The van der Waals surface area contributed by atoms with Crippen LogP contribution in [0.2, 0.25) is 0 Å². The second kappa shape index (κ2) is 8.34. The normalized spacial score (nSPS) is 15.1. The highest BCUT2D eigenvalue weighted by atomic mass is 16.7. The van der Waals surface area contributed by atoms with Gasteiger partial charge in [0.2, 0.25) is 0 Å². The van der Waals surface area contributed by atoms with Crippen molar-refractivity contribution in [2.24, 2.45) is 5.41 Å². The van der Waals surface area contributed by atoms with E-state index in [9.17, 15) is 5.11 Å². The van der Waals surface area contributed by atoms with E-state index in [1.165, 1.54) is 5.56 Å². The molecule has 2 aromatic carbocycles. The largest absolute Gasteiger partial charge is 0.394 e. The van der Waals surface area contributed by atoms with Crippen LogP contribution in [0.5, 0.6) is 0 Å². The average molecular weight is 356 g/mol. The molecule has 0 aliphatic heterocycles. The fraction of sp³-hybridized carbons (Fsp3) is 0.478. The minimum absolute atomic E-state index is 0.00277. The van der Waals surface area contributed by atoms with Crippen LogP contribution in [0.4, 0.5) is 0 Å². The molecule has 26 heavy (non-hydrogen) atoms. The van der Waals surface area contributed by atoms with E-state index in [1.807, 2.05) is 43.2 Å². The number of rotatable bonds is 7. The predicted molar refractivity (Wildman–Crippen MR) is 108 cm³/mol. The van der Waals surface area contributed by atoms with E-state index in [-0.39, 0.29) is 24.2 Å². The SMILES string of the molecule is CC(ON(C(c1ccccc1)C(C)(C)C)C(C)(C)CO)c1ccccc1. The van der Waals surface area contributed by atoms with Crippen LogP contribution < -0.4 is 0 Å². The Kier molecular flexibility index (Phi) is 6.62. The van der Waals surface area contributed by atoms with E-state index in [4.69, 9.17) is 4.84 Å². The van der Waals surface area contributed by atoms with Gasteiger partial charge in [-0.25, -0.2) is 0 Å². The molecule has 2 aromatic rings. The van der Waals surface area contributed by atoms with Crippen molar-refractivity contribution in [1.82, 2.24) is 5.06 Å². The Bertz CT molecular complexity index is 662. The van der Waals surface area contributed by atoms with Crippen LogP contribution in [0.3, 0.4) is 0 Å². The number of hydrogen-bond donors (Lipinski definition) is 1. The van der Waals surface area contributed by atoms with E-state index < -0.39 is 5.54 Å². The van der Waals surface area contributed by atoms with Gasteiger partial charge in [0.25, 0.3) is 0 Å². The lowest BCUT2D eigenvalue weighted by Gasteiger charge is -2.48. The standard InChI is InChI=1S/C23H33NO2/c1-18(19-13-9-7-10-14-19)26-24(23(5,6)17-25)21(22(2,3)4)20-15-11-8-12-16-20/h7-16,18,21,25H,17H2,1-6H3. The molecule has 2 unspecified atom stereocenters. The summed E-state index contributed by atoms with van der Waals surface area (Å²) in [5, 5.41) is 12.1.